The minimum Gasteiger partial charge on any atom is -0.482 e. The molecule has 1 aromatic heterocycles. The molecule has 100 valence electrons. The van der Waals surface area contributed by atoms with Crippen LogP contribution < -0.4 is 0 Å². The zero-order chi connectivity index (χ0) is 12.7. The molecule has 0 bridgehead atoms. The maximum Gasteiger partial charge on any atom is 0.106 e. The van der Waals surface area contributed by atoms with Crippen molar-refractivity contribution in [3.05, 3.63) is 79.0 Å². The van der Waals surface area contributed by atoms with Crippen LogP contribution >= 0.6 is 0 Å². The van der Waals surface area contributed by atoms with E-state index in [1.165, 1.54) is 16.5 Å². The van der Waals surface area contributed by atoms with Gasteiger partial charge in [0.15, 0.2) is 0 Å². The fourth-order valence-electron chi connectivity index (χ4n) is 2.56. The van der Waals surface area contributed by atoms with Crippen LogP contribution in [0.3, 0.4) is 0 Å². The van der Waals surface area contributed by atoms with Crippen molar-refractivity contribution in [2.45, 2.75) is 5.60 Å². The molecule has 3 heteroatoms. The van der Waals surface area contributed by atoms with E-state index in [4.69, 9.17) is 4.74 Å². The number of nitrogens with zero attached hydrogens (tertiary/aromatic N) is 1. The van der Waals surface area contributed by atoms with E-state index in [0.29, 0.717) is 0 Å². The van der Waals surface area contributed by atoms with Gasteiger partial charge in [0.05, 0.1) is 6.61 Å². The molecule has 2 heterocycles. The van der Waals surface area contributed by atoms with E-state index in [2.05, 4.69) is 71.9 Å². The van der Waals surface area contributed by atoms with E-state index in [1.807, 2.05) is 6.07 Å². The molecule has 0 spiro atoms. The first-order valence-electron chi connectivity index (χ1n) is 6.49. The molecular formula is C17H14NOW-. The fourth-order valence-corrected chi connectivity index (χ4v) is 2.56. The van der Waals surface area contributed by atoms with Crippen molar-refractivity contribution in [3.8, 4) is 0 Å². The Bertz CT molecular complexity index is 716. The number of ether oxygens (including phenoxy) is 1. The zero-order valence-electron chi connectivity index (χ0n) is 10.9. The molecule has 1 aliphatic rings. The van der Waals surface area contributed by atoms with Crippen molar-refractivity contribution in [3.63, 3.8) is 0 Å². The van der Waals surface area contributed by atoms with Gasteiger partial charge in [0.2, 0.25) is 0 Å². The van der Waals surface area contributed by atoms with E-state index in [9.17, 15) is 0 Å². The van der Waals surface area contributed by atoms with Gasteiger partial charge < -0.3 is 9.30 Å². The zero-order valence-corrected chi connectivity index (χ0v) is 13.8. The first-order chi connectivity index (χ1) is 9.37. The minimum absolute atomic E-state index is 0. The topological polar surface area (TPSA) is 17.5 Å². The van der Waals surface area contributed by atoms with Gasteiger partial charge in [-0.25, -0.2) is 0 Å². The number of hydrogen-bond acceptors (Lipinski definition) is 1. The second-order valence-electron chi connectivity index (χ2n) is 4.96. The molecule has 0 N–H and O–H groups in total. The van der Waals surface area contributed by atoms with Crippen LogP contribution in [-0.4, -0.2) is 11.2 Å². The maximum absolute atomic E-state index is 5.73. The molecule has 4 rings (SSSR count). The average Bonchev–Trinajstić information content (AvgIpc) is 3.15. The fraction of sp³-hybridized carbons (Fsp3) is 0.118. The van der Waals surface area contributed by atoms with Crippen molar-refractivity contribution in [2.24, 2.45) is 0 Å². The Morgan fingerprint density at radius 3 is 2.40 bits per heavy atom. The summed E-state index contributed by atoms with van der Waals surface area (Å²) < 4.78 is 7.89. The first kappa shape index (κ1) is 13.5. The summed E-state index contributed by atoms with van der Waals surface area (Å²) in [4.78, 5) is 0. The predicted molar refractivity (Wildman–Crippen MR) is 75.7 cm³/mol. The molecule has 1 fully saturated rings. The van der Waals surface area contributed by atoms with Crippen LogP contribution in [0.4, 0.5) is 0 Å². The van der Waals surface area contributed by atoms with Crippen molar-refractivity contribution < 1.29 is 25.8 Å². The SMILES string of the molecule is [W].c1ccc(C2([CH-]n3ccc4ccccc43)CO2)cc1. The van der Waals surface area contributed by atoms with Crippen molar-refractivity contribution in [1.82, 2.24) is 4.57 Å². The molecule has 2 nitrogen and oxygen atoms in total. The van der Waals surface area contributed by atoms with Crippen molar-refractivity contribution in [1.29, 1.82) is 0 Å². The third kappa shape index (κ3) is 2.19. The largest absolute Gasteiger partial charge is 0.482 e. The number of aromatic nitrogens is 1. The van der Waals surface area contributed by atoms with E-state index in [0.717, 1.165) is 6.61 Å². The number of rotatable bonds is 3. The minimum atomic E-state index is -0.247. The second kappa shape index (κ2) is 5.12. The Labute approximate surface area is 132 Å². The summed E-state index contributed by atoms with van der Waals surface area (Å²) in [6.45, 7) is 2.92. The van der Waals surface area contributed by atoms with E-state index >= 15 is 0 Å². The molecule has 0 saturated carbocycles. The van der Waals surface area contributed by atoms with Crippen molar-refractivity contribution in [2.75, 3.05) is 6.61 Å². The van der Waals surface area contributed by atoms with Crippen molar-refractivity contribution >= 4 is 10.9 Å². The summed E-state index contributed by atoms with van der Waals surface area (Å²) in [5.41, 5.74) is 2.18. The smallest absolute Gasteiger partial charge is 0.106 e. The summed E-state index contributed by atoms with van der Waals surface area (Å²) in [5, 5.41) is 1.25. The van der Waals surface area contributed by atoms with Gasteiger partial charge in [-0.2, -0.15) is 0 Å². The Morgan fingerprint density at radius 2 is 1.65 bits per heavy atom. The van der Waals surface area contributed by atoms with E-state index in [-0.39, 0.29) is 26.7 Å². The van der Waals surface area contributed by atoms with E-state index < -0.39 is 0 Å². The van der Waals surface area contributed by atoms with Crippen LogP contribution in [0.1, 0.15) is 5.56 Å². The first-order valence-corrected chi connectivity index (χ1v) is 6.49. The van der Waals surface area contributed by atoms with Crippen LogP contribution in [0.25, 0.3) is 10.9 Å². The molecule has 0 radical (unpaired) electrons. The molecule has 1 atom stereocenters. The predicted octanol–water partition coefficient (Wildman–Crippen LogP) is 3.57. The third-order valence-corrected chi connectivity index (χ3v) is 3.70. The van der Waals surface area contributed by atoms with Gasteiger partial charge in [0.25, 0.3) is 0 Å². The number of para-hydroxylation sites is 1. The quantitative estimate of drug-likeness (QED) is 0.457. The second-order valence-corrected chi connectivity index (χ2v) is 4.96. The maximum atomic E-state index is 5.73. The molecule has 1 saturated heterocycles. The molecule has 2 aromatic carbocycles. The number of hydrogen-bond donors (Lipinski definition) is 0. The van der Waals surface area contributed by atoms with Crippen LogP contribution in [0, 0.1) is 6.54 Å². The summed E-state index contributed by atoms with van der Waals surface area (Å²) in [6.07, 6.45) is 2.09. The van der Waals surface area contributed by atoms with Crippen LogP contribution in [-0.2, 0) is 31.4 Å². The standard InChI is InChI=1S/C17H14NO.W/c1-2-7-15(8-3-1)17(13-19-17)12-18-11-10-14-6-4-5-9-16(14)18;/h1-12H,13H2;/q-1;. The summed E-state index contributed by atoms with van der Waals surface area (Å²) >= 11 is 0. The third-order valence-electron chi connectivity index (χ3n) is 3.70. The van der Waals surface area contributed by atoms with Crippen LogP contribution in [0.5, 0.6) is 0 Å². The van der Waals surface area contributed by atoms with E-state index in [1.54, 1.807) is 0 Å². The Hall–Kier alpha value is -1.50. The van der Waals surface area contributed by atoms with Gasteiger partial charge in [-0.3, -0.25) is 0 Å². The summed E-state index contributed by atoms with van der Waals surface area (Å²) in [7, 11) is 0. The van der Waals surface area contributed by atoms with Gasteiger partial charge >= 0.3 is 0 Å². The summed E-state index contributed by atoms with van der Waals surface area (Å²) in [5.74, 6) is 0. The van der Waals surface area contributed by atoms with Gasteiger partial charge in [-0.15, -0.1) is 12.3 Å². The molecule has 1 aliphatic heterocycles. The number of benzene rings is 2. The van der Waals surface area contributed by atoms with Gasteiger partial charge in [0.1, 0.15) is 5.60 Å². The van der Waals surface area contributed by atoms with Gasteiger partial charge in [-0.1, -0.05) is 72.0 Å². The molecular weight excluding hydrogens is 418 g/mol. The molecule has 1 unspecified atom stereocenters. The monoisotopic (exact) mass is 432 g/mol. The summed E-state index contributed by atoms with van der Waals surface area (Å²) in [6, 6.07) is 20.9. The normalized spacial score (nSPS) is 20.4. The van der Waals surface area contributed by atoms with Crippen LogP contribution in [0.2, 0.25) is 0 Å². The van der Waals surface area contributed by atoms with Gasteiger partial charge in [0, 0.05) is 21.1 Å². The molecule has 0 aliphatic carbocycles. The number of epoxide rings is 1. The Kier molecular flexibility index (Phi) is 3.45. The Morgan fingerprint density at radius 1 is 0.950 bits per heavy atom. The Balaban J connectivity index is 0.00000121. The molecule has 3 aromatic rings. The average molecular weight is 432 g/mol. The van der Waals surface area contributed by atoms with Gasteiger partial charge in [-0.05, 0) is 5.56 Å². The number of fused-ring (bicyclic) bond motifs is 1. The molecule has 0 amide bonds. The molecule has 20 heavy (non-hydrogen) atoms. The van der Waals surface area contributed by atoms with Crippen LogP contribution in [0.15, 0.2) is 66.9 Å².